The van der Waals surface area contributed by atoms with Crippen LogP contribution in [0.15, 0.2) is 4.99 Å². The molecule has 0 aromatic carbocycles. The van der Waals surface area contributed by atoms with Gasteiger partial charge in [0.1, 0.15) is 0 Å². The van der Waals surface area contributed by atoms with Crippen LogP contribution in [0.1, 0.15) is 26.7 Å². The molecule has 0 saturated heterocycles. The van der Waals surface area contributed by atoms with E-state index >= 15 is 0 Å². The molecule has 0 saturated carbocycles. The fourth-order valence-electron chi connectivity index (χ4n) is 1.59. The molecule has 0 bridgehead atoms. The van der Waals surface area contributed by atoms with Gasteiger partial charge in [0, 0.05) is 19.7 Å². The van der Waals surface area contributed by atoms with Crippen LogP contribution in [-0.4, -0.2) is 54.8 Å². The van der Waals surface area contributed by atoms with E-state index in [4.69, 9.17) is 4.74 Å². The standard InChI is InChI=1S/C11H22N2O2/c1-3-4-7-15-9-11(14)8-13-6-5-12-10(13)2/h11,14H,3-9H2,1-2H3. The van der Waals surface area contributed by atoms with Crippen LogP contribution < -0.4 is 0 Å². The van der Waals surface area contributed by atoms with E-state index in [2.05, 4.69) is 16.8 Å². The van der Waals surface area contributed by atoms with Crippen molar-refractivity contribution < 1.29 is 9.84 Å². The van der Waals surface area contributed by atoms with Crippen molar-refractivity contribution in [2.45, 2.75) is 32.8 Å². The molecule has 1 aliphatic rings. The van der Waals surface area contributed by atoms with Crippen LogP contribution in [0, 0.1) is 0 Å². The molecule has 0 aliphatic carbocycles. The van der Waals surface area contributed by atoms with Gasteiger partial charge in [0.2, 0.25) is 0 Å². The summed E-state index contributed by atoms with van der Waals surface area (Å²) in [4.78, 5) is 6.38. The van der Waals surface area contributed by atoms with E-state index in [1.165, 1.54) is 0 Å². The maximum Gasteiger partial charge on any atom is 0.0959 e. The van der Waals surface area contributed by atoms with Gasteiger partial charge in [0.05, 0.1) is 25.1 Å². The van der Waals surface area contributed by atoms with Gasteiger partial charge >= 0.3 is 0 Å². The molecule has 1 aliphatic heterocycles. The van der Waals surface area contributed by atoms with E-state index in [0.717, 1.165) is 38.4 Å². The largest absolute Gasteiger partial charge is 0.389 e. The molecule has 88 valence electrons. The van der Waals surface area contributed by atoms with Gasteiger partial charge in [-0.2, -0.15) is 0 Å². The van der Waals surface area contributed by atoms with E-state index in [9.17, 15) is 5.11 Å². The Bertz CT molecular complexity index is 207. The van der Waals surface area contributed by atoms with Crippen LogP contribution in [0.5, 0.6) is 0 Å². The Morgan fingerprint density at radius 2 is 2.40 bits per heavy atom. The molecular formula is C11H22N2O2. The molecule has 1 heterocycles. The van der Waals surface area contributed by atoms with Gasteiger partial charge in [-0.1, -0.05) is 13.3 Å². The highest BCUT2D eigenvalue weighted by molar-refractivity contribution is 5.81. The Hall–Kier alpha value is -0.610. The van der Waals surface area contributed by atoms with Crippen LogP contribution in [0.2, 0.25) is 0 Å². The third-order valence-electron chi connectivity index (χ3n) is 2.55. The first kappa shape index (κ1) is 12.5. The number of amidine groups is 1. The number of hydrogen-bond donors (Lipinski definition) is 1. The number of rotatable bonds is 7. The van der Waals surface area contributed by atoms with Crippen LogP contribution in [0.4, 0.5) is 0 Å². The Morgan fingerprint density at radius 3 is 3.00 bits per heavy atom. The zero-order chi connectivity index (χ0) is 11.1. The third-order valence-corrected chi connectivity index (χ3v) is 2.55. The molecule has 0 aromatic rings. The molecule has 0 radical (unpaired) electrons. The maximum atomic E-state index is 9.71. The molecule has 15 heavy (non-hydrogen) atoms. The Kier molecular flexibility index (Phi) is 5.65. The summed E-state index contributed by atoms with van der Waals surface area (Å²) in [5, 5.41) is 9.71. The summed E-state index contributed by atoms with van der Waals surface area (Å²) in [6.07, 6.45) is 1.80. The number of aliphatic hydroxyl groups excluding tert-OH is 1. The molecule has 1 unspecified atom stereocenters. The lowest BCUT2D eigenvalue weighted by atomic mass is 10.3. The lowest BCUT2D eigenvalue weighted by Gasteiger charge is -2.21. The summed E-state index contributed by atoms with van der Waals surface area (Å²) < 4.78 is 5.36. The van der Waals surface area contributed by atoms with Gasteiger partial charge in [0.25, 0.3) is 0 Å². The van der Waals surface area contributed by atoms with Crippen molar-refractivity contribution in [3.8, 4) is 0 Å². The third kappa shape index (κ3) is 4.62. The lowest BCUT2D eigenvalue weighted by Crippen LogP contribution is -2.36. The predicted octanol–water partition coefficient (Wildman–Crippen LogP) is 0.898. The summed E-state index contributed by atoms with van der Waals surface area (Å²) in [5.74, 6) is 1.03. The van der Waals surface area contributed by atoms with E-state index in [-0.39, 0.29) is 0 Å². The summed E-state index contributed by atoms with van der Waals surface area (Å²) in [5.41, 5.74) is 0. The molecule has 4 nitrogen and oxygen atoms in total. The van der Waals surface area contributed by atoms with E-state index in [1.807, 2.05) is 6.92 Å². The van der Waals surface area contributed by atoms with Crippen molar-refractivity contribution in [3.05, 3.63) is 0 Å². The highest BCUT2D eigenvalue weighted by Gasteiger charge is 2.16. The molecule has 0 amide bonds. The van der Waals surface area contributed by atoms with Gasteiger partial charge < -0.3 is 14.7 Å². The van der Waals surface area contributed by atoms with E-state index in [1.54, 1.807) is 0 Å². The SMILES string of the molecule is CCCCOCC(O)CN1CCN=C1C. The molecule has 1 rings (SSSR count). The highest BCUT2D eigenvalue weighted by atomic mass is 16.5. The van der Waals surface area contributed by atoms with Gasteiger partial charge in [-0.3, -0.25) is 4.99 Å². The van der Waals surface area contributed by atoms with Gasteiger partial charge in [-0.15, -0.1) is 0 Å². The summed E-state index contributed by atoms with van der Waals surface area (Å²) in [6.45, 7) is 7.72. The Morgan fingerprint density at radius 1 is 1.60 bits per heavy atom. The number of aliphatic hydroxyl groups is 1. The number of ether oxygens (including phenoxy) is 1. The van der Waals surface area contributed by atoms with Crippen LogP contribution in [-0.2, 0) is 4.74 Å². The molecule has 0 fully saturated rings. The lowest BCUT2D eigenvalue weighted by molar-refractivity contribution is 0.0264. The Labute approximate surface area is 91.9 Å². The van der Waals surface area contributed by atoms with E-state index < -0.39 is 6.10 Å². The number of β-amino-alcohol motifs (C(OH)–C–C–N with tert-alkyl or cyclic N) is 1. The van der Waals surface area contributed by atoms with Crippen LogP contribution in [0.3, 0.4) is 0 Å². The van der Waals surface area contributed by atoms with Crippen molar-refractivity contribution in [2.24, 2.45) is 4.99 Å². The molecule has 1 atom stereocenters. The monoisotopic (exact) mass is 214 g/mol. The van der Waals surface area contributed by atoms with Crippen molar-refractivity contribution in [1.82, 2.24) is 4.90 Å². The molecule has 0 spiro atoms. The topological polar surface area (TPSA) is 45.1 Å². The van der Waals surface area contributed by atoms with Crippen LogP contribution in [0.25, 0.3) is 0 Å². The predicted molar refractivity (Wildman–Crippen MR) is 61.3 cm³/mol. The first-order chi connectivity index (χ1) is 7.24. The summed E-state index contributed by atoms with van der Waals surface area (Å²) in [6, 6.07) is 0. The van der Waals surface area contributed by atoms with Crippen LogP contribution >= 0.6 is 0 Å². The average Bonchev–Trinajstić information content (AvgIpc) is 2.59. The van der Waals surface area contributed by atoms with Crippen molar-refractivity contribution >= 4 is 5.84 Å². The minimum atomic E-state index is -0.398. The van der Waals surface area contributed by atoms with Crippen molar-refractivity contribution in [2.75, 3.05) is 32.8 Å². The molecular weight excluding hydrogens is 192 g/mol. The van der Waals surface area contributed by atoms with Gasteiger partial charge in [-0.25, -0.2) is 0 Å². The fourth-order valence-corrected chi connectivity index (χ4v) is 1.59. The molecule has 0 aromatic heterocycles. The Balaban J connectivity index is 2.07. The number of hydrogen-bond acceptors (Lipinski definition) is 4. The average molecular weight is 214 g/mol. The summed E-state index contributed by atoms with van der Waals surface area (Å²) >= 11 is 0. The minimum Gasteiger partial charge on any atom is -0.389 e. The quantitative estimate of drug-likeness (QED) is 0.640. The second-order valence-corrected chi connectivity index (χ2v) is 3.96. The number of aliphatic imine (C=N–C) groups is 1. The second kappa shape index (κ2) is 6.80. The highest BCUT2D eigenvalue weighted by Crippen LogP contribution is 2.02. The maximum absolute atomic E-state index is 9.71. The fraction of sp³-hybridized carbons (Fsp3) is 0.909. The minimum absolute atomic E-state index is 0.398. The molecule has 1 N–H and O–H groups in total. The number of nitrogens with zero attached hydrogens (tertiary/aromatic N) is 2. The zero-order valence-corrected chi connectivity index (χ0v) is 9.78. The molecule has 4 heteroatoms. The first-order valence-corrected chi connectivity index (χ1v) is 5.76. The normalized spacial score (nSPS) is 18.1. The number of unbranched alkanes of at least 4 members (excludes halogenated alkanes) is 1. The summed E-state index contributed by atoms with van der Waals surface area (Å²) in [7, 11) is 0. The van der Waals surface area contributed by atoms with Gasteiger partial charge in [-0.05, 0) is 13.3 Å². The van der Waals surface area contributed by atoms with Gasteiger partial charge in [0.15, 0.2) is 0 Å². The first-order valence-electron chi connectivity index (χ1n) is 5.76. The van der Waals surface area contributed by atoms with E-state index in [0.29, 0.717) is 13.2 Å². The second-order valence-electron chi connectivity index (χ2n) is 3.96. The van der Waals surface area contributed by atoms with Crippen molar-refractivity contribution in [3.63, 3.8) is 0 Å². The smallest absolute Gasteiger partial charge is 0.0959 e. The van der Waals surface area contributed by atoms with Crippen molar-refractivity contribution in [1.29, 1.82) is 0 Å². The zero-order valence-electron chi connectivity index (χ0n) is 9.78.